The topological polar surface area (TPSA) is 47.3 Å². The van der Waals surface area contributed by atoms with E-state index in [1.165, 1.54) is 6.07 Å². The van der Waals surface area contributed by atoms with Crippen LogP contribution in [0.3, 0.4) is 0 Å². The number of nitriles is 1. The number of fused-ring (bicyclic) bond motifs is 2. The van der Waals surface area contributed by atoms with Crippen LogP contribution in [0.2, 0.25) is 0 Å². The molecule has 2 aliphatic heterocycles. The van der Waals surface area contributed by atoms with Gasteiger partial charge >= 0.3 is 6.18 Å². The summed E-state index contributed by atoms with van der Waals surface area (Å²) in [7, 11) is 1.64. The fraction of sp³-hybridized carbons (Fsp3) is 0.900. The van der Waals surface area contributed by atoms with Crippen LogP contribution in [0.4, 0.5) is 13.2 Å². The van der Waals surface area contributed by atoms with Crippen LogP contribution < -0.4 is 0 Å². The van der Waals surface area contributed by atoms with Crippen molar-refractivity contribution in [1.29, 1.82) is 5.26 Å². The van der Waals surface area contributed by atoms with Crippen LogP contribution in [-0.4, -0.2) is 40.9 Å². The molecule has 0 radical (unpaired) electrons. The van der Waals surface area contributed by atoms with Crippen LogP contribution >= 0.6 is 0 Å². The third-order valence-corrected chi connectivity index (χ3v) is 3.89. The molecule has 2 aliphatic rings. The van der Waals surface area contributed by atoms with E-state index < -0.39 is 23.7 Å². The molecule has 2 heterocycles. The Hall–Kier alpha value is -0.800. The Morgan fingerprint density at radius 1 is 1.44 bits per heavy atom. The van der Waals surface area contributed by atoms with Crippen molar-refractivity contribution < 1.29 is 18.3 Å². The number of halogens is 3. The Morgan fingerprint density at radius 3 is 2.56 bits per heavy atom. The summed E-state index contributed by atoms with van der Waals surface area (Å²) >= 11 is 0. The molecule has 0 spiro atoms. The Kier molecular flexibility index (Phi) is 2.44. The molecule has 1 N–H and O–H groups in total. The Morgan fingerprint density at radius 2 is 2.06 bits per heavy atom. The highest BCUT2D eigenvalue weighted by atomic mass is 19.4. The highest BCUT2D eigenvalue weighted by molar-refractivity contribution is 5.17. The van der Waals surface area contributed by atoms with Gasteiger partial charge < -0.3 is 5.11 Å². The number of hydrogen-bond acceptors (Lipinski definition) is 3. The van der Waals surface area contributed by atoms with E-state index in [4.69, 9.17) is 5.26 Å². The van der Waals surface area contributed by atoms with Crippen LogP contribution in [0.15, 0.2) is 0 Å². The second-order valence-electron chi connectivity index (χ2n) is 4.72. The van der Waals surface area contributed by atoms with Crippen LogP contribution in [0.1, 0.15) is 19.3 Å². The molecular formula is C10H13F3N2O. The zero-order valence-electron chi connectivity index (χ0n) is 8.83. The minimum atomic E-state index is -4.53. The zero-order valence-corrected chi connectivity index (χ0v) is 8.83. The van der Waals surface area contributed by atoms with Crippen molar-refractivity contribution >= 4 is 0 Å². The largest absolute Gasteiger partial charge is 0.397 e. The molecule has 2 saturated heterocycles. The summed E-state index contributed by atoms with van der Waals surface area (Å²) in [6.07, 6.45) is -3.62. The predicted molar refractivity (Wildman–Crippen MR) is 49.3 cm³/mol. The fourth-order valence-corrected chi connectivity index (χ4v) is 3.10. The summed E-state index contributed by atoms with van der Waals surface area (Å²) in [6, 6.07) is 0.603. The van der Waals surface area contributed by atoms with Gasteiger partial charge in [0, 0.05) is 18.5 Å². The quantitative estimate of drug-likeness (QED) is 0.642. The second-order valence-corrected chi connectivity index (χ2v) is 4.72. The van der Waals surface area contributed by atoms with Gasteiger partial charge in [-0.2, -0.15) is 18.4 Å². The van der Waals surface area contributed by atoms with Crippen molar-refractivity contribution in [2.24, 2.45) is 5.92 Å². The van der Waals surface area contributed by atoms with Crippen LogP contribution in [0.25, 0.3) is 0 Å². The highest BCUT2D eigenvalue weighted by Crippen LogP contribution is 2.50. The maximum atomic E-state index is 12.9. The first kappa shape index (κ1) is 11.7. The summed E-state index contributed by atoms with van der Waals surface area (Å²) in [5.41, 5.74) is -2.25. The third-order valence-electron chi connectivity index (χ3n) is 3.89. The SMILES string of the molecule is CN1C2CCC1C(C(F)(F)F)C(O)(C#N)C2. The van der Waals surface area contributed by atoms with Gasteiger partial charge in [-0.05, 0) is 19.9 Å². The highest BCUT2D eigenvalue weighted by Gasteiger charge is 2.63. The number of alkyl halides is 3. The van der Waals surface area contributed by atoms with E-state index in [1.54, 1.807) is 11.9 Å². The average molecular weight is 234 g/mol. The van der Waals surface area contributed by atoms with E-state index >= 15 is 0 Å². The number of aliphatic hydroxyl groups is 1. The van der Waals surface area contributed by atoms with E-state index in [1.807, 2.05) is 0 Å². The maximum absolute atomic E-state index is 12.9. The minimum Gasteiger partial charge on any atom is -0.375 e. The summed E-state index contributed by atoms with van der Waals surface area (Å²) in [6.45, 7) is 0. The molecule has 2 fully saturated rings. The Bertz CT molecular complexity index is 338. The van der Waals surface area contributed by atoms with Gasteiger partial charge in [0.2, 0.25) is 0 Å². The van der Waals surface area contributed by atoms with Gasteiger partial charge in [-0.25, -0.2) is 0 Å². The molecule has 4 unspecified atom stereocenters. The standard InChI is InChI=1S/C10H13F3N2O/c1-15-6-2-3-7(15)8(10(11,12)13)9(16,4-6)5-14/h6-8,16H,2-4H2,1H3. The maximum Gasteiger partial charge on any atom is 0.397 e. The molecule has 0 aromatic carbocycles. The lowest BCUT2D eigenvalue weighted by Gasteiger charge is -2.45. The van der Waals surface area contributed by atoms with E-state index in [2.05, 4.69) is 0 Å². The van der Waals surface area contributed by atoms with Gasteiger partial charge in [-0.1, -0.05) is 0 Å². The van der Waals surface area contributed by atoms with Gasteiger partial charge in [-0.15, -0.1) is 0 Å². The predicted octanol–water partition coefficient (Wildman–Crippen LogP) is 1.29. The number of piperidine rings is 1. The molecule has 0 amide bonds. The van der Waals surface area contributed by atoms with Gasteiger partial charge in [-0.3, -0.25) is 4.90 Å². The molecular weight excluding hydrogens is 221 g/mol. The second kappa shape index (κ2) is 3.34. The average Bonchev–Trinajstić information content (AvgIpc) is 2.43. The molecule has 0 aromatic heterocycles. The van der Waals surface area contributed by atoms with E-state index in [-0.39, 0.29) is 12.5 Å². The van der Waals surface area contributed by atoms with Crippen LogP contribution in [0, 0.1) is 17.2 Å². The van der Waals surface area contributed by atoms with Crippen molar-refractivity contribution in [3.63, 3.8) is 0 Å². The molecule has 90 valence electrons. The lowest BCUT2D eigenvalue weighted by molar-refractivity contribution is -0.242. The van der Waals surface area contributed by atoms with E-state index in [0.717, 1.165) is 0 Å². The smallest absolute Gasteiger partial charge is 0.375 e. The van der Waals surface area contributed by atoms with Crippen molar-refractivity contribution in [2.45, 2.75) is 43.1 Å². The minimum absolute atomic E-state index is 0.103. The van der Waals surface area contributed by atoms with Crippen molar-refractivity contribution in [3.05, 3.63) is 0 Å². The number of rotatable bonds is 0. The summed E-state index contributed by atoms with van der Waals surface area (Å²) in [4.78, 5) is 1.66. The normalized spacial score (nSPS) is 44.4. The third kappa shape index (κ3) is 1.50. The van der Waals surface area contributed by atoms with Gasteiger partial charge in [0.1, 0.15) is 5.92 Å². The van der Waals surface area contributed by atoms with Crippen LogP contribution in [0.5, 0.6) is 0 Å². The van der Waals surface area contributed by atoms with Crippen LogP contribution in [-0.2, 0) is 0 Å². The molecule has 0 aromatic rings. The lowest BCUT2D eigenvalue weighted by atomic mass is 9.76. The molecule has 2 rings (SSSR count). The first-order chi connectivity index (χ1) is 7.29. The molecule has 6 heteroatoms. The first-order valence-corrected chi connectivity index (χ1v) is 5.22. The summed E-state index contributed by atoms with van der Waals surface area (Å²) in [5.74, 6) is -1.95. The molecule has 0 aliphatic carbocycles. The number of hydrogen-bond donors (Lipinski definition) is 1. The van der Waals surface area contributed by atoms with Gasteiger partial charge in [0.15, 0.2) is 5.60 Å². The van der Waals surface area contributed by atoms with Crippen molar-refractivity contribution in [3.8, 4) is 6.07 Å². The van der Waals surface area contributed by atoms with E-state index in [9.17, 15) is 18.3 Å². The van der Waals surface area contributed by atoms with Gasteiger partial charge in [0.25, 0.3) is 0 Å². The molecule has 3 nitrogen and oxygen atoms in total. The zero-order chi connectivity index (χ0) is 12.1. The Balaban J connectivity index is 2.40. The molecule has 4 atom stereocenters. The molecule has 0 saturated carbocycles. The Labute approximate surface area is 91.5 Å². The summed E-state index contributed by atoms with van der Waals surface area (Å²) < 4.78 is 38.7. The van der Waals surface area contributed by atoms with Gasteiger partial charge in [0.05, 0.1) is 6.07 Å². The van der Waals surface area contributed by atoms with E-state index in [0.29, 0.717) is 12.8 Å². The monoisotopic (exact) mass is 234 g/mol. The first-order valence-electron chi connectivity index (χ1n) is 5.22. The lowest BCUT2D eigenvalue weighted by Crippen LogP contribution is -2.60. The number of nitrogens with zero attached hydrogens (tertiary/aromatic N) is 2. The van der Waals surface area contributed by atoms with Crippen molar-refractivity contribution in [1.82, 2.24) is 4.90 Å². The fourth-order valence-electron chi connectivity index (χ4n) is 3.10. The summed E-state index contributed by atoms with van der Waals surface area (Å²) in [5, 5.41) is 18.7. The molecule has 2 bridgehead atoms. The van der Waals surface area contributed by atoms with Crippen molar-refractivity contribution in [2.75, 3.05) is 7.05 Å². The molecule has 16 heavy (non-hydrogen) atoms.